The molecule has 1 amide bonds. The van der Waals surface area contributed by atoms with Crippen LogP contribution in [0.1, 0.15) is 18.1 Å². The molecule has 1 saturated carbocycles. The minimum Gasteiger partial charge on any atom is -0.510 e. The largest absolute Gasteiger partial charge is 0.510 e. The summed E-state index contributed by atoms with van der Waals surface area (Å²) in [6, 6.07) is 3.02. The van der Waals surface area contributed by atoms with Crippen molar-refractivity contribution in [1.29, 1.82) is 0 Å². The zero-order valence-corrected chi connectivity index (χ0v) is 17.6. The Labute approximate surface area is 182 Å². The Hall–Kier alpha value is -3.21. The van der Waals surface area contributed by atoms with Crippen LogP contribution in [0.15, 0.2) is 35.1 Å². The van der Waals surface area contributed by atoms with E-state index in [9.17, 15) is 39.9 Å². The number of likely N-dealkylation sites (N-methyl/N-ethyl adjacent to an activating group) is 1. The lowest BCUT2D eigenvalue weighted by Crippen LogP contribution is -2.63. The molecule has 7 N–H and O–H groups in total. The molecular weight excluding hydrogens is 420 g/mol. The Morgan fingerprint density at radius 3 is 2.31 bits per heavy atom. The molecule has 0 heterocycles. The van der Waals surface area contributed by atoms with E-state index in [4.69, 9.17) is 5.73 Å². The number of hydrogen-bond acceptors (Lipinski definition) is 9. The highest BCUT2D eigenvalue weighted by Crippen LogP contribution is 2.55. The van der Waals surface area contributed by atoms with E-state index in [1.54, 1.807) is 0 Å². The number of aliphatic hydroxyl groups is 4. The summed E-state index contributed by atoms with van der Waals surface area (Å²) >= 11 is 0. The molecule has 1 fully saturated rings. The number of nitrogens with zero attached hydrogens (tertiary/aromatic N) is 1. The number of primary amides is 1. The average molecular weight is 444 g/mol. The number of nitrogens with two attached hydrogens (primary N) is 1. The minimum atomic E-state index is -1.92. The van der Waals surface area contributed by atoms with Crippen LogP contribution in [0.4, 0.5) is 0 Å². The highest BCUT2D eigenvalue weighted by atomic mass is 16.3. The Kier molecular flexibility index (Phi) is 4.74. The zero-order valence-electron chi connectivity index (χ0n) is 17.6. The van der Waals surface area contributed by atoms with Crippen molar-refractivity contribution >= 4 is 23.2 Å². The lowest BCUT2D eigenvalue weighted by molar-refractivity contribution is -0.153. The molecule has 0 aliphatic heterocycles. The van der Waals surface area contributed by atoms with Gasteiger partial charge in [-0.05, 0) is 32.6 Å². The molecule has 1 aromatic carbocycles. The van der Waals surface area contributed by atoms with E-state index in [1.807, 2.05) is 0 Å². The van der Waals surface area contributed by atoms with E-state index in [2.05, 4.69) is 0 Å². The predicted octanol–water partition coefficient (Wildman–Crippen LogP) is -0.515. The molecule has 32 heavy (non-hydrogen) atoms. The molecule has 10 nitrogen and oxygen atoms in total. The molecule has 3 aliphatic rings. The van der Waals surface area contributed by atoms with Crippen molar-refractivity contribution in [3.05, 3.63) is 46.2 Å². The Bertz CT molecular complexity index is 1130. The Balaban J connectivity index is 2.03. The van der Waals surface area contributed by atoms with Crippen molar-refractivity contribution < 1.29 is 39.9 Å². The van der Waals surface area contributed by atoms with E-state index in [0.29, 0.717) is 0 Å². The second-order valence-electron chi connectivity index (χ2n) is 8.89. The predicted molar refractivity (Wildman–Crippen MR) is 110 cm³/mol. The summed E-state index contributed by atoms with van der Waals surface area (Å²) in [6.45, 7) is 1.33. The van der Waals surface area contributed by atoms with Crippen LogP contribution >= 0.6 is 0 Å². The van der Waals surface area contributed by atoms with Gasteiger partial charge in [0.1, 0.15) is 22.8 Å². The summed E-state index contributed by atoms with van der Waals surface area (Å²) < 4.78 is 0. The lowest BCUT2D eigenvalue weighted by Gasteiger charge is -2.52. The fourth-order valence-electron chi connectivity index (χ4n) is 5.59. The monoisotopic (exact) mass is 444 g/mol. The fourth-order valence-corrected chi connectivity index (χ4v) is 5.59. The molecule has 1 aromatic rings. The van der Waals surface area contributed by atoms with Gasteiger partial charge in [0.05, 0.1) is 35.1 Å². The van der Waals surface area contributed by atoms with Gasteiger partial charge in [0, 0.05) is 11.5 Å². The summed E-state index contributed by atoms with van der Waals surface area (Å²) in [4.78, 5) is 40.1. The topological polar surface area (TPSA) is 182 Å². The molecule has 10 heteroatoms. The van der Waals surface area contributed by atoms with Gasteiger partial charge in [-0.25, -0.2) is 0 Å². The summed E-state index contributed by atoms with van der Waals surface area (Å²) in [6.07, 6.45) is -1.59. The van der Waals surface area contributed by atoms with Crippen molar-refractivity contribution in [3.63, 3.8) is 0 Å². The second-order valence-corrected chi connectivity index (χ2v) is 8.89. The number of aromatic hydroxyl groups is 1. The van der Waals surface area contributed by atoms with Gasteiger partial charge >= 0.3 is 0 Å². The molecule has 6 atom stereocenters. The molecule has 170 valence electrons. The summed E-state index contributed by atoms with van der Waals surface area (Å²) in [5.74, 6) is -9.16. The third-order valence-corrected chi connectivity index (χ3v) is 6.90. The molecule has 0 radical (unpaired) electrons. The van der Waals surface area contributed by atoms with Crippen molar-refractivity contribution in [3.8, 4) is 5.75 Å². The number of amides is 1. The smallest absolute Gasteiger partial charge is 0.255 e. The normalized spacial score (nSPS) is 34.4. The SMILES string of the molecule is CN(C)[C@@H]1C(O)=C(C(N)=O)C(=O)[C@H]2C(=O)C3=C(O)c4c(O)cccc4[C@@](C)(O)[C@H]3[C@H](O)[C@H]21. The second kappa shape index (κ2) is 6.89. The molecule has 0 saturated heterocycles. The number of rotatable bonds is 2. The zero-order chi connectivity index (χ0) is 23.9. The van der Waals surface area contributed by atoms with E-state index in [-0.39, 0.29) is 11.1 Å². The number of ketones is 2. The molecular formula is C22H24N2O8. The number of Topliss-reactive ketones (excluding diaryl/α,β-unsaturated/α-hetero) is 2. The van der Waals surface area contributed by atoms with Gasteiger partial charge in [-0.1, -0.05) is 12.1 Å². The van der Waals surface area contributed by atoms with Crippen LogP contribution in [-0.2, 0) is 20.0 Å². The molecule has 0 spiro atoms. The first-order valence-electron chi connectivity index (χ1n) is 9.98. The number of phenolic OH excluding ortho intramolecular Hbond substituents is 1. The van der Waals surface area contributed by atoms with Crippen LogP contribution in [-0.4, -0.2) is 74.1 Å². The highest BCUT2D eigenvalue weighted by Gasteiger charge is 2.63. The number of carbonyl (C=O) groups excluding carboxylic acids is 3. The van der Waals surface area contributed by atoms with Gasteiger partial charge in [0.25, 0.3) is 5.91 Å². The first kappa shape index (κ1) is 22.0. The summed E-state index contributed by atoms with van der Waals surface area (Å²) in [7, 11) is 3.05. The van der Waals surface area contributed by atoms with E-state index < -0.39 is 81.4 Å². The fraction of sp³-hybridized carbons (Fsp3) is 0.409. The van der Waals surface area contributed by atoms with Crippen molar-refractivity contribution in [2.24, 2.45) is 23.5 Å². The summed E-state index contributed by atoms with van der Waals surface area (Å²) in [5.41, 5.74) is 2.13. The van der Waals surface area contributed by atoms with E-state index in [1.165, 1.54) is 44.1 Å². The van der Waals surface area contributed by atoms with E-state index in [0.717, 1.165) is 0 Å². The molecule has 3 aliphatic carbocycles. The quantitative estimate of drug-likeness (QED) is 0.258. The average Bonchev–Trinajstić information content (AvgIpc) is 2.67. The van der Waals surface area contributed by atoms with Crippen molar-refractivity contribution in [2.45, 2.75) is 24.7 Å². The third kappa shape index (κ3) is 2.60. The third-order valence-electron chi connectivity index (χ3n) is 6.90. The maximum absolute atomic E-state index is 13.6. The van der Waals surface area contributed by atoms with Gasteiger partial charge in [-0.15, -0.1) is 0 Å². The van der Waals surface area contributed by atoms with Gasteiger partial charge in [-0.3, -0.25) is 19.3 Å². The molecule has 0 bridgehead atoms. The lowest BCUT2D eigenvalue weighted by atomic mass is 9.54. The number of benzene rings is 1. The number of phenols is 1. The molecule has 0 aromatic heterocycles. The van der Waals surface area contributed by atoms with Crippen molar-refractivity contribution in [2.75, 3.05) is 14.1 Å². The van der Waals surface area contributed by atoms with Crippen LogP contribution in [0.2, 0.25) is 0 Å². The number of aliphatic hydroxyl groups excluding tert-OH is 3. The van der Waals surface area contributed by atoms with Crippen LogP contribution in [0.3, 0.4) is 0 Å². The summed E-state index contributed by atoms with van der Waals surface area (Å²) in [5, 5.41) is 54.7. The van der Waals surface area contributed by atoms with Gasteiger partial charge in [-0.2, -0.15) is 0 Å². The number of carbonyl (C=O) groups is 3. The van der Waals surface area contributed by atoms with Gasteiger partial charge in [0.2, 0.25) is 0 Å². The van der Waals surface area contributed by atoms with Gasteiger partial charge in [0.15, 0.2) is 11.6 Å². The first-order chi connectivity index (χ1) is 14.8. The van der Waals surface area contributed by atoms with Crippen molar-refractivity contribution in [1.82, 2.24) is 4.90 Å². The number of fused-ring (bicyclic) bond motifs is 3. The molecule has 4 rings (SSSR count). The highest BCUT2D eigenvalue weighted by molar-refractivity contribution is 6.28. The maximum Gasteiger partial charge on any atom is 0.255 e. The Morgan fingerprint density at radius 2 is 1.75 bits per heavy atom. The van der Waals surface area contributed by atoms with E-state index >= 15 is 0 Å². The van der Waals surface area contributed by atoms with Crippen LogP contribution in [0.5, 0.6) is 5.75 Å². The van der Waals surface area contributed by atoms with Crippen LogP contribution in [0.25, 0.3) is 5.76 Å². The maximum atomic E-state index is 13.6. The van der Waals surface area contributed by atoms with Crippen LogP contribution in [0, 0.1) is 17.8 Å². The number of hydrogen-bond donors (Lipinski definition) is 6. The molecule has 0 unspecified atom stereocenters. The van der Waals surface area contributed by atoms with Crippen LogP contribution < -0.4 is 5.73 Å². The standard InChI is InChI=1S/C22H24N2O8/c1-22(32)7-5-4-6-8(25)9(7)16(26)12-14(22)19(29)10-11(17(12)27)18(28)13(21(23)31)20(30)15(10)24(2)3/h4-6,10-11,14-15,19,25-26,29-30,32H,1-3H3,(H2,23,31)/t10-,11-,14-,15+,19-,22-/m1/s1. The first-order valence-corrected chi connectivity index (χ1v) is 9.98. The Morgan fingerprint density at radius 1 is 1.12 bits per heavy atom. The minimum absolute atomic E-state index is 0.0928. The van der Waals surface area contributed by atoms with Gasteiger partial charge < -0.3 is 31.3 Å².